The van der Waals surface area contributed by atoms with Crippen molar-refractivity contribution in [3.05, 3.63) is 24.5 Å². The Balaban J connectivity index is 1.44. The first kappa shape index (κ1) is 15.6. The number of anilines is 1. The molecule has 7 heteroatoms. The monoisotopic (exact) mass is 345 g/mol. The first-order valence-corrected chi connectivity index (χ1v) is 9.63. The summed E-state index contributed by atoms with van der Waals surface area (Å²) >= 11 is 1.59. The first-order chi connectivity index (χ1) is 11.8. The van der Waals surface area contributed by atoms with Gasteiger partial charge in [0.25, 0.3) is 0 Å². The van der Waals surface area contributed by atoms with E-state index in [9.17, 15) is 4.79 Å². The van der Waals surface area contributed by atoms with E-state index < -0.39 is 0 Å². The van der Waals surface area contributed by atoms with E-state index in [0.717, 1.165) is 62.1 Å². The molecule has 0 saturated carbocycles. The molecule has 0 spiro atoms. The predicted molar refractivity (Wildman–Crippen MR) is 94.6 cm³/mol. The van der Waals surface area contributed by atoms with Crippen LogP contribution in [0, 0.1) is 5.92 Å². The van der Waals surface area contributed by atoms with Crippen LogP contribution in [0.3, 0.4) is 0 Å². The van der Waals surface area contributed by atoms with Crippen molar-refractivity contribution in [3.63, 3.8) is 0 Å². The fraction of sp³-hybridized carbons (Fsp3) is 0.588. The fourth-order valence-corrected chi connectivity index (χ4v) is 4.48. The molecule has 1 unspecified atom stereocenters. The highest BCUT2D eigenvalue weighted by Crippen LogP contribution is 2.29. The summed E-state index contributed by atoms with van der Waals surface area (Å²) in [4.78, 5) is 17.1. The number of amides is 1. The lowest BCUT2D eigenvalue weighted by Gasteiger charge is -2.36. The summed E-state index contributed by atoms with van der Waals surface area (Å²) in [5.74, 6) is 0.449. The third-order valence-electron chi connectivity index (χ3n) is 4.94. The molecular formula is C17H23N5OS. The number of carbonyl (C=O) groups is 1. The summed E-state index contributed by atoms with van der Waals surface area (Å²) in [7, 11) is 0. The molecule has 2 aliphatic heterocycles. The second-order valence-electron chi connectivity index (χ2n) is 6.63. The molecule has 2 aliphatic rings. The maximum atomic E-state index is 12.8. The lowest BCUT2D eigenvalue weighted by Crippen LogP contribution is -2.46. The highest BCUT2D eigenvalue weighted by molar-refractivity contribution is 7.17. The molecule has 0 radical (unpaired) electrons. The van der Waals surface area contributed by atoms with Crippen LogP contribution in [0.1, 0.15) is 32.1 Å². The summed E-state index contributed by atoms with van der Waals surface area (Å²) in [5.41, 5.74) is 0. The molecule has 6 nitrogen and oxygen atoms in total. The Morgan fingerprint density at radius 3 is 2.54 bits per heavy atom. The molecule has 1 atom stereocenters. The summed E-state index contributed by atoms with van der Waals surface area (Å²) in [6.07, 6.45) is 9.55. The molecule has 2 aromatic heterocycles. The highest BCUT2D eigenvalue weighted by atomic mass is 32.1. The largest absolute Gasteiger partial charge is 0.346 e. The summed E-state index contributed by atoms with van der Waals surface area (Å²) < 4.78 is 1.97. The van der Waals surface area contributed by atoms with Crippen molar-refractivity contribution in [2.24, 2.45) is 5.92 Å². The van der Waals surface area contributed by atoms with E-state index >= 15 is 0 Å². The Kier molecular flexibility index (Phi) is 4.51. The molecule has 1 amide bonds. The van der Waals surface area contributed by atoms with E-state index in [1.165, 1.54) is 6.42 Å². The maximum Gasteiger partial charge on any atom is 0.227 e. The minimum Gasteiger partial charge on any atom is -0.346 e. The SMILES string of the molecule is O=C(C1CCCN(c2nnc(-n3cccc3)s2)C1)N1CCCCC1. The lowest BCUT2D eigenvalue weighted by molar-refractivity contribution is -0.136. The lowest BCUT2D eigenvalue weighted by atomic mass is 9.96. The van der Waals surface area contributed by atoms with E-state index in [2.05, 4.69) is 20.0 Å². The van der Waals surface area contributed by atoms with Crippen LogP contribution in [0.4, 0.5) is 5.13 Å². The zero-order valence-electron chi connectivity index (χ0n) is 13.8. The van der Waals surface area contributed by atoms with Crippen molar-refractivity contribution >= 4 is 22.4 Å². The molecule has 2 fully saturated rings. The Hall–Kier alpha value is -1.89. The standard InChI is InChI=1S/C17H23N5OS/c23-15(20-8-2-1-3-9-20)14-7-6-12-22(13-14)17-19-18-16(24-17)21-10-4-5-11-21/h4-5,10-11,14H,1-3,6-9,12-13H2. The van der Waals surface area contributed by atoms with Crippen LogP contribution in [0.5, 0.6) is 0 Å². The topological polar surface area (TPSA) is 54.3 Å². The average molecular weight is 345 g/mol. The Labute approximate surface area is 146 Å². The Morgan fingerprint density at radius 1 is 1.00 bits per heavy atom. The normalized spacial score (nSPS) is 21.9. The second kappa shape index (κ2) is 6.93. The smallest absolute Gasteiger partial charge is 0.227 e. The molecule has 4 rings (SSSR count). The molecule has 0 N–H and O–H groups in total. The quantitative estimate of drug-likeness (QED) is 0.858. The van der Waals surface area contributed by atoms with Gasteiger partial charge in [-0.2, -0.15) is 0 Å². The van der Waals surface area contributed by atoms with Crippen LogP contribution in [0.15, 0.2) is 24.5 Å². The van der Waals surface area contributed by atoms with Crippen LogP contribution in [0.2, 0.25) is 0 Å². The minimum absolute atomic E-state index is 0.107. The average Bonchev–Trinajstić information content (AvgIpc) is 3.33. The Morgan fingerprint density at radius 2 is 1.75 bits per heavy atom. The molecule has 2 aromatic rings. The van der Waals surface area contributed by atoms with Gasteiger partial charge in [-0.05, 0) is 44.2 Å². The fourth-order valence-electron chi connectivity index (χ4n) is 3.63. The molecule has 0 aromatic carbocycles. The van der Waals surface area contributed by atoms with Gasteiger partial charge in [-0.25, -0.2) is 0 Å². The van der Waals surface area contributed by atoms with Crippen molar-refractivity contribution < 1.29 is 4.79 Å². The van der Waals surface area contributed by atoms with Crippen molar-refractivity contribution in [1.29, 1.82) is 0 Å². The number of likely N-dealkylation sites (tertiary alicyclic amines) is 1. The summed E-state index contributed by atoms with van der Waals surface area (Å²) in [6.45, 7) is 3.61. The van der Waals surface area contributed by atoms with Gasteiger partial charge in [0.2, 0.25) is 16.2 Å². The first-order valence-electron chi connectivity index (χ1n) is 8.82. The van der Waals surface area contributed by atoms with E-state index in [-0.39, 0.29) is 5.92 Å². The third-order valence-corrected chi connectivity index (χ3v) is 5.94. The number of carbonyl (C=O) groups excluding carboxylic acids is 1. The van der Waals surface area contributed by atoms with Gasteiger partial charge < -0.3 is 9.80 Å². The maximum absolute atomic E-state index is 12.8. The predicted octanol–water partition coefficient (Wildman–Crippen LogP) is 2.56. The van der Waals surface area contributed by atoms with E-state index in [1.54, 1.807) is 11.3 Å². The van der Waals surface area contributed by atoms with Gasteiger partial charge in [0.1, 0.15) is 0 Å². The van der Waals surface area contributed by atoms with Gasteiger partial charge in [0.05, 0.1) is 5.92 Å². The van der Waals surface area contributed by atoms with Gasteiger partial charge in [-0.1, -0.05) is 11.3 Å². The van der Waals surface area contributed by atoms with Crippen LogP contribution in [0.25, 0.3) is 5.13 Å². The number of aromatic nitrogens is 3. The van der Waals surface area contributed by atoms with Crippen molar-refractivity contribution in [2.45, 2.75) is 32.1 Å². The molecule has 24 heavy (non-hydrogen) atoms. The van der Waals surface area contributed by atoms with Crippen molar-refractivity contribution in [2.75, 3.05) is 31.1 Å². The molecule has 2 saturated heterocycles. The van der Waals surface area contributed by atoms with Crippen LogP contribution >= 0.6 is 11.3 Å². The number of hydrogen-bond acceptors (Lipinski definition) is 5. The van der Waals surface area contributed by atoms with E-state index in [0.29, 0.717) is 5.91 Å². The number of nitrogens with zero attached hydrogens (tertiary/aromatic N) is 5. The minimum atomic E-state index is 0.107. The van der Waals surface area contributed by atoms with Gasteiger partial charge in [-0.15, -0.1) is 10.2 Å². The molecular weight excluding hydrogens is 322 g/mol. The number of piperidine rings is 2. The van der Waals surface area contributed by atoms with E-state index in [4.69, 9.17) is 0 Å². The van der Waals surface area contributed by atoms with E-state index in [1.807, 2.05) is 29.1 Å². The van der Waals surface area contributed by atoms with Crippen LogP contribution < -0.4 is 4.90 Å². The van der Waals surface area contributed by atoms with Crippen molar-refractivity contribution in [3.8, 4) is 5.13 Å². The van der Waals surface area contributed by atoms with Gasteiger partial charge in [0.15, 0.2) is 0 Å². The molecule has 4 heterocycles. The van der Waals surface area contributed by atoms with Gasteiger partial charge in [-0.3, -0.25) is 9.36 Å². The summed E-state index contributed by atoms with van der Waals surface area (Å²) in [6, 6.07) is 3.96. The third kappa shape index (κ3) is 3.17. The molecule has 0 bridgehead atoms. The zero-order chi connectivity index (χ0) is 16.4. The number of hydrogen-bond donors (Lipinski definition) is 0. The summed E-state index contributed by atoms with van der Waals surface area (Å²) in [5, 5.41) is 10.4. The van der Waals surface area contributed by atoms with Crippen molar-refractivity contribution in [1.82, 2.24) is 19.7 Å². The molecule has 128 valence electrons. The van der Waals surface area contributed by atoms with Crippen LogP contribution in [-0.4, -0.2) is 51.8 Å². The zero-order valence-corrected chi connectivity index (χ0v) is 14.6. The van der Waals surface area contributed by atoms with Gasteiger partial charge >= 0.3 is 0 Å². The number of rotatable bonds is 3. The second-order valence-corrected chi connectivity index (χ2v) is 7.56. The van der Waals surface area contributed by atoms with Gasteiger partial charge in [0, 0.05) is 38.6 Å². The molecule has 0 aliphatic carbocycles. The highest BCUT2D eigenvalue weighted by Gasteiger charge is 2.31. The van der Waals surface area contributed by atoms with Crippen LogP contribution in [-0.2, 0) is 4.79 Å². The Bertz CT molecular complexity index is 677.